The number of carbonyl (C=O) groups is 1. The van der Waals surface area contributed by atoms with E-state index in [2.05, 4.69) is 27.8 Å². The maximum Gasteiger partial charge on any atom is 0.255 e. The molecule has 2 aromatic carbocycles. The summed E-state index contributed by atoms with van der Waals surface area (Å²) in [6, 6.07) is 15.3. The van der Waals surface area contributed by atoms with Crippen LogP contribution in [-0.2, 0) is 7.05 Å². The molecule has 134 valence electrons. The van der Waals surface area contributed by atoms with Crippen molar-refractivity contribution in [1.29, 1.82) is 0 Å². The predicted molar refractivity (Wildman–Crippen MR) is 106 cm³/mol. The van der Waals surface area contributed by atoms with Crippen LogP contribution in [0.1, 0.15) is 28.1 Å². The maximum atomic E-state index is 12.5. The van der Waals surface area contributed by atoms with Crippen molar-refractivity contribution in [3.05, 3.63) is 66.0 Å². The Morgan fingerprint density at radius 1 is 1.15 bits per heavy atom. The first-order valence-electron chi connectivity index (χ1n) is 8.26. The van der Waals surface area contributed by atoms with Gasteiger partial charge in [0.15, 0.2) is 5.16 Å². The third-order valence-corrected chi connectivity index (χ3v) is 5.19. The number of hydrogen-bond acceptors (Lipinski definition) is 5. The second-order valence-corrected chi connectivity index (χ2v) is 7.20. The fourth-order valence-electron chi connectivity index (χ4n) is 2.49. The number of nitrogens with one attached hydrogen (secondary N) is 2. The summed E-state index contributed by atoms with van der Waals surface area (Å²) in [7, 11) is 3.75. The summed E-state index contributed by atoms with van der Waals surface area (Å²) >= 11 is 1.63. The Kier molecular flexibility index (Phi) is 5.58. The molecule has 0 bridgehead atoms. The molecule has 1 amide bonds. The van der Waals surface area contributed by atoms with Gasteiger partial charge in [-0.3, -0.25) is 4.79 Å². The lowest BCUT2D eigenvalue weighted by Gasteiger charge is -2.13. The van der Waals surface area contributed by atoms with Crippen LogP contribution in [-0.4, -0.2) is 27.7 Å². The quantitative estimate of drug-likeness (QED) is 0.645. The molecule has 0 fully saturated rings. The molecule has 1 aromatic heterocycles. The molecule has 26 heavy (non-hydrogen) atoms. The molecular formula is C19H21N5OS. The molecule has 1 atom stereocenters. The normalized spacial score (nSPS) is 11.8. The molecule has 3 aromatic rings. The molecule has 0 saturated carbocycles. The van der Waals surface area contributed by atoms with Crippen molar-refractivity contribution in [2.45, 2.75) is 17.3 Å². The summed E-state index contributed by atoms with van der Waals surface area (Å²) in [4.78, 5) is 12.5. The van der Waals surface area contributed by atoms with E-state index in [9.17, 15) is 4.79 Å². The summed E-state index contributed by atoms with van der Waals surface area (Å²) < 4.78 is 1.89. The Hall–Kier alpha value is -2.80. The Morgan fingerprint density at radius 3 is 2.65 bits per heavy atom. The number of hydrogen-bond donors (Lipinski definition) is 2. The molecule has 7 heteroatoms. The lowest BCUT2D eigenvalue weighted by molar-refractivity contribution is 0.102. The highest BCUT2D eigenvalue weighted by Crippen LogP contribution is 2.34. The largest absolute Gasteiger partial charge is 0.388 e. The molecule has 0 aliphatic rings. The monoisotopic (exact) mass is 367 g/mol. The van der Waals surface area contributed by atoms with Gasteiger partial charge in [-0.1, -0.05) is 30.0 Å². The zero-order chi connectivity index (χ0) is 18.5. The van der Waals surface area contributed by atoms with Gasteiger partial charge >= 0.3 is 0 Å². The molecule has 0 radical (unpaired) electrons. The Morgan fingerprint density at radius 2 is 1.92 bits per heavy atom. The van der Waals surface area contributed by atoms with E-state index >= 15 is 0 Å². The third kappa shape index (κ3) is 4.23. The van der Waals surface area contributed by atoms with Crippen LogP contribution >= 0.6 is 11.8 Å². The summed E-state index contributed by atoms with van der Waals surface area (Å²) in [5, 5.41) is 15.1. The Labute approximate surface area is 157 Å². The smallest absolute Gasteiger partial charge is 0.255 e. The van der Waals surface area contributed by atoms with Gasteiger partial charge < -0.3 is 15.2 Å². The van der Waals surface area contributed by atoms with Crippen LogP contribution in [0.4, 0.5) is 11.4 Å². The van der Waals surface area contributed by atoms with Crippen molar-refractivity contribution < 1.29 is 4.79 Å². The fraction of sp³-hybridized carbons (Fsp3) is 0.211. The number of anilines is 2. The van der Waals surface area contributed by atoms with Gasteiger partial charge in [-0.15, -0.1) is 10.2 Å². The molecule has 6 nitrogen and oxygen atoms in total. The van der Waals surface area contributed by atoms with E-state index in [1.54, 1.807) is 24.2 Å². The van der Waals surface area contributed by atoms with E-state index in [4.69, 9.17) is 0 Å². The highest BCUT2D eigenvalue weighted by Gasteiger charge is 2.13. The number of aryl methyl sites for hydroxylation is 1. The number of nitrogens with zero attached hydrogens (tertiary/aromatic N) is 3. The predicted octanol–water partition coefficient (Wildman–Crippen LogP) is 3.96. The van der Waals surface area contributed by atoms with Crippen LogP contribution in [0.5, 0.6) is 0 Å². The zero-order valence-corrected chi connectivity index (χ0v) is 15.7. The molecule has 0 aliphatic heterocycles. The van der Waals surface area contributed by atoms with Crippen molar-refractivity contribution >= 4 is 29.0 Å². The molecular weight excluding hydrogens is 346 g/mol. The number of amides is 1. The van der Waals surface area contributed by atoms with E-state index in [-0.39, 0.29) is 11.2 Å². The average Bonchev–Trinajstić information content (AvgIpc) is 3.06. The summed E-state index contributed by atoms with van der Waals surface area (Å²) in [5.41, 5.74) is 3.40. The van der Waals surface area contributed by atoms with Gasteiger partial charge in [0.2, 0.25) is 0 Å². The van der Waals surface area contributed by atoms with Crippen molar-refractivity contribution in [2.75, 3.05) is 17.7 Å². The van der Waals surface area contributed by atoms with Gasteiger partial charge in [0.25, 0.3) is 5.91 Å². The summed E-state index contributed by atoms with van der Waals surface area (Å²) in [6.07, 6.45) is 1.69. The van der Waals surface area contributed by atoms with Crippen molar-refractivity contribution in [2.24, 2.45) is 7.05 Å². The van der Waals surface area contributed by atoms with E-state index < -0.39 is 0 Å². The maximum absolute atomic E-state index is 12.5. The summed E-state index contributed by atoms with van der Waals surface area (Å²) in [6.45, 7) is 2.11. The number of thioether (sulfide) groups is 1. The molecule has 2 N–H and O–H groups in total. The van der Waals surface area contributed by atoms with E-state index in [1.165, 1.54) is 0 Å². The SMILES string of the molecule is CNc1cccc(C(=O)Nc2cccc([C@H](C)Sc3nncn3C)c2)c1. The lowest BCUT2D eigenvalue weighted by Crippen LogP contribution is -2.12. The van der Waals surface area contributed by atoms with Crippen molar-refractivity contribution in [3.63, 3.8) is 0 Å². The van der Waals surface area contributed by atoms with Crippen LogP contribution in [0.25, 0.3) is 0 Å². The average molecular weight is 367 g/mol. The van der Waals surface area contributed by atoms with Crippen molar-refractivity contribution in [3.8, 4) is 0 Å². The second kappa shape index (κ2) is 8.05. The first-order chi connectivity index (χ1) is 12.6. The number of carbonyl (C=O) groups excluding carboxylic acids is 1. The lowest BCUT2D eigenvalue weighted by atomic mass is 10.1. The molecule has 0 aliphatic carbocycles. The standard InChI is InChI=1S/C19H21N5OS/c1-13(26-19-23-21-12-24(19)3)14-6-4-9-17(10-14)22-18(25)15-7-5-8-16(11-15)20-2/h4-13,20H,1-3H3,(H,22,25)/t13-/m0/s1. The van der Waals surface area contributed by atoms with Gasteiger partial charge in [0, 0.05) is 36.3 Å². The molecule has 0 saturated heterocycles. The number of rotatable bonds is 6. The van der Waals surface area contributed by atoms with Gasteiger partial charge in [-0.05, 0) is 42.8 Å². The fourth-order valence-corrected chi connectivity index (χ4v) is 3.40. The van der Waals surface area contributed by atoms with Crippen LogP contribution in [0.15, 0.2) is 60.0 Å². The first-order valence-corrected chi connectivity index (χ1v) is 9.14. The van der Waals surface area contributed by atoms with Gasteiger partial charge in [-0.2, -0.15) is 0 Å². The number of benzene rings is 2. The van der Waals surface area contributed by atoms with Crippen molar-refractivity contribution in [1.82, 2.24) is 14.8 Å². The van der Waals surface area contributed by atoms with Crippen LogP contribution < -0.4 is 10.6 Å². The second-order valence-electron chi connectivity index (χ2n) is 5.89. The molecule has 1 heterocycles. The minimum atomic E-state index is -0.132. The van der Waals surface area contributed by atoms with E-state index in [0.717, 1.165) is 22.1 Å². The highest BCUT2D eigenvalue weighted by atomic mass is 32.2. The molecule has 0 spiro atoms. The van der Waals surface area contributed by atoms with Crippen LogP contribution in [0, 0.1) is 0 Å². The third-order valence-electron chi connectivity index (χ3n) is 3.98. The Balaban J connectivity index is 1.72. The zero-order valence-electron chi connectivity index (χ0n) is 14.9. The minimum Gasteiger partial charge on any atom is -0.388 e. The van der Waals surface area contributed by atoms with Gasteiger partial charge in [0.1, 0.15) is 6.33 Å². The Bertz CT molecular complexity index is 908. The van der Waals surface area contributed by atoms with Crippen LogP contribution in [0.3, 0.4) is 0 Å². The minimum absolute atomic E-state index is 0.132. The number of aromatic nitrogens is 3. The first kappa shape index (κ1) is 18.0. The van der Waals surface area contributed by atoms with Crippen LogP contribution in [0.2, 0.25) is 0 Å². The topological polar surface area (TPSA) is 71.8 Å². The van der Waals surface area contributed by atoms with Gasteiger partial charge in [0.05, 0.1) is 0 Å². The summed E-state index contributed by atoms with van der Waals surface area (Å²) in [5.74, 6) is -0.132. The molecule has 3 rings (SSSR count). The van der Waals surface area contributed by atoms with E-state index in [1.807, 2.05) is 61.1 Å². The van der Waals surface area contributed by atoms with Gasteiger partial charge in [-0.25, -0.2) is 0 Å². The highest BCUT2D eigenvalue weighted by molar-refractivity contribution is 7.99. The van der Waals surface area contributed by atoms with E-state index in [0.29, 0.717) is 5.56 Å². The molecule has 0 unspecified atom stereocenters.